The van der Waals surface area contributed by atoms with Crippen LogP contribution < -0.4 is 10.6 Å². The normalized spacial score (nSPS) is 13.6. The van der Waals surface area contributed by atoms with Gasteiger partial charge in [0.1, 0.15) is 6.04 Å². The summed E-state index contributed by atoms with van der Waals surface area (Å²) < 4.78 is 0. The maximum absolute atomic E-state index is 12.6. The second-order valence-corrected chi connectivity index (χ2v) is 9.09. The standard InChI is InChI=1S/C27H35N3O4/c1-18-8-7-9-19(2)25(18)26(32)30-23(27(33)34)16-17-28-24(31)13-6-4-11-21-15-14-20-10-3-5-12-22(20)29-21/h7-9,14-15,23H,3-6,10-13,16-17H2,1-2H3,(H,28,31)(H,30,32)(H,33,34). The van der Waals surface area contributed by atoms with Crippen molar-refractivity contribution in [3.8, 4) is 0 Å². The second kappa shape index (κ2) is 12.3. The molecule has 1 atom stereocenters. The number of benzene rings is 1. The van der Waals surface area contributed by atoms with Gasteiger partial charge in [0.05, 0.1) is 0 Å². The summed E-state index contributed by atoms with van der Waals surface area (Å²) in [4.78, 5) is 41.2. The van der Waals surface area contributed by atoms with Gasteiger partial charge in [-0.05, 0) is 88.0 Å². The van der Waals surface area contributed by atoms with Crippen LogP contribution in [0, 0.1) is 13.8 Å². The minimum Gasteiger partial charge on any atom is -0.480 e. The number of pyridine rings is 1. The Morgan fingerprint density at radius 1 is 1.03 bits per heavy atom. The smallest absolute Gasteiger partial charge is 0.326 e. The lowest BCUT2D eigenvalue weighted by atomic mass is 9.95. The number of nitrogens with one attached hydrogen (secondary N) is 2. The minimum atomic E-state index is -1.12. The molecule has 0 spiro atoms. The zero-order valence-corrected chi connectivity index (χ0v) is 20.2. The van der Waals surface area contributed by atoms with Crippen LogP contribution in [-0.2, 0) is 28.9 Å². The average molecular weight is 466 g/mol. The summed E-state index contributed by atoms with van der Waals surface area (Å²) in [6.07, 6.45) is 7.63. The molecule has 1 aromatic heterocycles. The molecule has 1 aliphatic rings. The van der Waals surface area contributed by atoms with Crippen molar-refractivity contribution >= 4 is 17.8 Å². The van der Waals surface area contributed by atoms with Crippen LogP contribution in [0.25, 0.3) is 0 Å². The number of aliphatic carboxylic acids is 1. The van der Waals surface area contributed by atoms with Crippen LogP contribution in [0.5, 0.6) is 0 Å². The number of carbonyl (C=O) groups excluding carboxylic acids is 2. The molecule has 2 aromatic rings. The molecule has 0 bridgehead atoms. The molecule has 3 N–H and O–H groups in total. The molecule has 3 rings (SSSR count). The molecule has 1 heterocycles. The highest BCUT2D eigenvalue weighted by Gasteiger charge is 2.22. The van der Waals surface area contributed by atoms with E-state index in [1.54, 1.807) is 0 Å². The average Bonchev–Trinajstić information content (AvgIpc) is 2.81. The third kappa shape index (κ3) is 7.14. The van der Waals surface area contributed by atoms with Gasteiger partial charge in [0.2, 0.25) is 5.91 Å². The van der Waals surface area contributed by atoms with Crippen LogP contribution in [0.4, 0.5) is 0 Å². The Balaban J connectivity index is 1.37. The molecule has 0 saturated heterocycles. The summed E-state index contributed by atoms with van der Waals surface area (Å²) >= 11 is 0. The number of amides is 2. The van der Waals surface area contributed by atoms with E-state index in [2.05, 4.69) is 22.8 Å². The first kappa shape index (κ1) is 25.4. The summed E-state index contributed by atoms with van der Waals surface area (Å²) in [7, 11) is 0. The van der Waals surface area contributed by atoms with Gasteiger partial charge in [0, 0.05) is 29.9 Å². The number of carbonyl (C=O) groups is 3. The van der Waals surface area contributed by atoms with E-state index < -0.39 is 17.9 Å². The predicted molar refractivity (Wildman–Crippen MR) is 131 cm³/mol. The Bertz CT molecular complexity index is 1010. The SMILES string of the molecule is Cc1cccc(C)c1C(=O)NC(CCNC(=O)CCCCc1ccc2c(n1)CCCC2)C(=O)O. The number of carboxylic acid groups (broad SMARTS) is 1. The highest BCUT2D eigenvalue weighted by molar-refractivity contribution is 5.99. The highest BCUT2D eigenvalue weighted by atomic mass is 16.4. The van der Waals surface area contributed by atoms with Crippen LogP contribution >= 0.6 is 0 Å². The number of nitrogens with zero attached hydrogens (tertiary/aromatic N) is 1. The topological polar surface area (TPSA) is 108 Å². The molecule has 1 unspecified atom stereocenters. The predicted octanol–water partition coefficient (Wildman–Crippen LogP) is 3.68. The van der Waals surface area contributed by atoms with E-state index in [-0.39, 0.29) is 18.9 Å². The van der Waals surface area contributed by atoms with Crippen molar-refractivity contribution in [1.82, 2.24) is 15.6 Å². The van der Waals surface area contributed by atoms with Gasteiger partial charge in [-0.3, -0.25) is 14.6 Å². The maximum atomic E-state index is 12.6. The van der Waals surface area contributed by atoms with E-state index in [0.717, 1.165) is 48.9 Å². The van der Waals surface area contributed by atoms with Crippen LogP contribution in [0.3, 0.4) is 0 Å². The largest absolute Gasteiger partial charge is 0.480 e. The molecule has 1 aliphatic carbocycles. The van der Waals surface area contributed by atoms with Crippen LogP contribution in [0.1, 0.15) is 77.0 Å². The third-order valence-corrected chi connectivity index (χ3v) is 6.39. The molecular formula is C27H35N3O4. The fourth-order valence-corrected chi connectivity index (χ4v) is 4.46. The van der Waals surface area contributed by atoms with Crippen molar-refractivity contribution in [2.24, 2.45) is 0 Å². The van der Waals surface area contributed by atoms with E-state index >= 15 is 0 Å². The number of fused-ring (bicyclic) bond motifs is 1. The van der Waals surface area contributed by atoms with Crippen molar-refractivity contribution in [1.29, 1.82) is 0 Å². The lowest BCUT2D eigenvalue weighted by Crippen LogP contribution is -2.43. The van der Waals surface area contributed by atoms with E-state index in [9.17, 15) is 19.5 Å². The Morgan fingerprint density at radius 2 is 1.76 bits per heavy atom. The summed E-state index contributed by atoms with van der Waals surface area (Å²) in [5.74, 6) is -1.64. The number of hydrogen-bond donors (Lipinski definition) is 3. The number of unbranched alkanes of at least 4 members (excludes halogenated alkanes) is 1. The summed E-state index contributed by atoms with van der Waals surface area (Å²) in [6.45, 7) is 3.83. The molecule has 2 amide bonds. The number of rotatable bonds is 11. The van der Waals surface area contributed by atoms with Gasteiger partial charge in [-0.15, -0.1) is 0 Å². The fourth-order valence-electron chi connectivity index (χ4n) is 4.46. The molecule has 7 heteroatoms. The Hall–Kier alpha value is -3.22. The first-order valence-corrected chi connectivity index (χ1v) is 12.2. The van der Waals surface area contributed by atoms with Crippen molar-refractivity contribution in [2.45, 2.75) is 77.7 Å². The Morgan fingerprint density at radius 3 is 2.50 bits per heavy atom. The molecular weight excluding hydrogens is 430 g/mol. The molecule has 0 radical (unpaired) electrons. The number of aromatic nitrogens is 1. The molecule has 34 heavy (non-hydrogen) atoms. The first-order valence-electron chi connectivity index (χ1n) is 12.2. The zero-order chi connectivity index (χ0) is 24.5. The fraction of sp³-hybridized carbons (Fsp3) is 0.481. The number of aryl methyl sites for hydroxylation is 5. The van der Waals surface area contributed by atoms with E-state index in [0.29, 0.717) is 12.0 Å². The minimum absolute atomic E-state index is 0.108. The Labute approximate surface area is 201 Å². The van der Waals surface area contributed by atoms with Gasteiger partial charge in [0.25, 0.3) is 5.91 Å². The summed E-state index contributed by atoms with van der Waals surface area (Å²) in [5, 5.41) is 14.9. The van der Waals surface area contributed by atoms with E-state index in [1.807, 2.05) is 32.0 Å². The van der Waals surface area contributed by atoms with Crippen molar-refractivity contribution in [2.75, 3.05) is 6.54 Å². The highest BCUT2D eigenvalue weighted by Crippen LogP contribution is 2.20. The zero-order valence-electron chi connectivity index (χ0n) is 20.2. The monoisotopic (exact) mass is 465 g/mol. The van der Waals surface area contributed by atoms with Gasteiger partial charge in [0.15, 0.2) is 0 Å². The van der Waals surface area contributed by atoms with Crippen molar-refractivity contribution < 1.29 is 19.5 Å². The Kier molecular flexibility index (Phi) is 9.19. The molecule has 182 valence electrons. The summed E-state index contributed by atoms with van der Waals surface area (Å²) in [5.41, 5.74) is 5.77. The van der Waals surface area contributed by atoms with Gasteiger partial charge >= 0.3 is 5.97 Å². The van der Waals surface area contributed by atoms with E-state index in [1.165, 1.54) is 24.1 Å². The molecule has 0 aliphatic heterocycles. The van der Waals surface area contributed by atoms with Gasteiger partial charge in [-0.25, -0.2) is 4.79 Å². The third-order valence-electron chi connectivity index (χ3n) is 6.39. The second-order valence-electron chi connectivity index (χ2n) is 9.09. The van der Waals surface area contributed by atoms with Crippen LogP contribution in [0.2, 0.25) is 0 Å². The van der Waals surface area contributed by atoms with Crippen LogP contribution in [-0.4, -0.2) is 40.5 Å². The van der Waals surface area contributed by atoms with Crippen LogP contribution in [0.15, 0.2) is 30.3 Å². The lowest BCUT2D eigenvalue weighted by molar-refractivity contribution is -0.139. The van der Waals surface area contributed by atoms with E-state index in [4.69, 9.17) is 4.98 Å². The molecule has 7 nitrogen and oxygen atoms in total. The number of hydrogen-bond acceptors (Lipinski definition) is 4. The van der Waals surface area contributed by atoms with Gasteiger partial charge in [-0.1, -0.05) is 24.3 Å². The number of carboxylic acids is 1. The quantitative estimate of drug-likeness (QED) is 0.439. The molecule has 0 fully saturated rings. The van der Waals surface area contributed by atoms with Gasteiger partial charge in [-0.2, -0.15) is 0 Å². The molecule has 1 aromatic carbocycles. The molecule has 0 saturated carbocycles. The lowest BCUT2D eigenvalue weighted by Gasteiger charge is -2.17. The van der Waals surface area contributed by atoms with Gasteiger partial charge < -0.3 is 15.7 Å². The van der Waals surface area contributed by atoms with Crippen molar-refractivity contribution in [3.05, 3.63) is 64.0 Å². The van der Waals surface area contributed by atoms with Crippen molar-refractivity contribution in [3.63, 3.8) is 0 Å². The summed E-state index contributed by atoms with van der Waals surface area (Å²) in [6, 6.07) is 8.72. The maximum Gasteiger partial charge on any atom is 0.326 e. The first-order chi connectivity index (χ1) is 16.3.